The number of fused-ring (bicyclic) bond motifs is 1. The number of para-hydroxylation sites is 1. The minimum atomic E-state index is -0.0787. The molecule has 7 heteroatoms. The van der Waals surface area contributed by atoms with Gasteiger partial charge in [0.15, 0.2) is 0 Å². The molecule has 1 amide bonds. The Balaban J connectivity index is 1.22. The van der Waals surface area contributed by atoms with E-state index in [1.54, 1.807) is 41.8 Å². The summed E-state index contributed by atoms with van der Waals surface area (Å²) in [4.78, 5) is 21.2. The molecule has 0 atom stereocenters. The maximum absolute atomic E-state index is 12.3. The van der Waals surface area contributed by atoms with Gasteiger partial charge in [0.05, 0.1) is 15.2 Å². The molecule has 2 heterocycles. The Morgan fingerprint density at radius 2 is 2.00 bits per heavy atom. The number of nitrogens with one attached hydrogen (secondary N) is 1. The quantitative estimate of drug-likeness (QED) is 0.450. The van der Waals surface area contributed by atoms with E-state index in [2.05, 4.69) is 21.4 Å². The van der Waals surface area contributed by atoms with Gasteiger partial charge in [0.2, 0.25) is 0 Å². The highest BCUT2D eigenvalue weighted by atomic mass is 32.1. The molecule has 2 aromatic heterocycles. The molecule has 29 heavy (non-hydrogen) atoms. The molecule has 148 valence electrons. The van der Waals surface area contributed by atoms with Gasteiger partial charge in [0.1, 0.15) is 18.2 Å². The molecule has 6 nitrogen and oxygen atoms in total. The first-order chi connectivity index (χ1) is 14.2. The molecule has 0 saturated heterocycles. The molecule has 0 saturated carbocycles. The number of ether oxygens (including phenoxy) is 1. The summed E-state index contributed by atoms with van der Waals surface area (Å²) >= 11 is 1.71. The smallest absolute Gasteiger partial charge is 0.251 e. The van der Waals surface area contributed by atoms with Crippen LogP contribution in [0.15, 0.2) is 60.9 Å². The van der Waals surface area contributed by atoms with Crippen LogP contribution in [0.1, 0.15) is 27.6 Å². The number of imidazole rings is 1. The number of benzene rings is 2. The number of thiazole rings is 1. The fraction of sp³-hybridized carbons (Fsp3) is 0.227. The highest BCUT2D eigenvalue weighted by Crippen LogP contribution is 2.22. The number of amides is 1. The first kappa shape index (κ1) is 19.1. The lowest BCUT2D eigenvalue weighted by molar-refractivity contribution is 0.0953. The zero-order valence-corrected chi connectivity index (χ0v) is 17.0. The second-order valence-corrected chi connectivity index (χ2v) is 7.82. The first-order valence-corrected chi connectivity index (χ1v) is 10.3. The van der Waals surface area contributed by atoms with E-state index < -0.39 is 0 Å². The van der Waals surface area contributed by atoms with Crippen molar-refractivity contribution < 1.29 is 9.53 Å². The second-order valence-electron chi connectivity index (χ2n) is 6.70. The second kappa shape index (κ2) is 8.87. The van der Waals surface area contributed by atoms with Gasteiger partial charge in [-0.15, -0.1) is 11.3 Å². The summed E-state index contributed by atoms with van der Waals surface area (Å²) in [7, 11) is 1.93. The average molecular weight is 407 g/mol. The van der Waals surface area contributed by atoms with Gasteiger partial charge >= 0.3 is 0 Å². The van der Waals surface area contributed by atoms with Gasteiger partial charge in [0, 0.05) is 38.0 Å². The van der Waals surface area contributed by atoms with Crippen molar-refractivity contribution in [2.75, 3.05) is 6.54 Å². The van der Waals surface area contributed by atoms with Gasteiger partial charge < -0.3 is 14.6 Å². The van der Waals surface area contributed by atoms with Crippen molar-refractivity contribution in [1.29, 1.82) is 0 Å². The molecule has 0 aliphatic rings. The van der Waals surface area contributed by atoms with Crippen LogP contribution in [0.4, 0.5) is 0 Å². The number of nitrogens with zero attached hydrogens (tertiary/aromatic N) is 3. The SMILES string of the molecule is Cn1ccnc1COc1ccc(C(=O)NCCCc2nc3ccccc3s2)cc1. The zero-order valence-electron chi connectivity index (χ0n) is 16.2. The van der Waals surface area contributed by atoms with Gasteiger partial charge in [-0.2, -0.15) is 0 Å². The van der Waals surface area contributed by atoms with Gasteiger partial charge in [-0.05, 0) is 42.8 Å². The maximum Gasteiger partial charge on any atom is 0.251 e. The van der Waals surface area contributed by atoms with Gasteiger partial charge in [-0.25, -0.2) is 9.97 Å². The van der Waals surface area contributed by atoms with E-state index in [0.717, 1.165) is 29.2 Å². The predicted octanol–water partition coefficient (Wildman–Crippen LogP) is 3.97. The van der Waals surface area contributed by atoms with E-state index in [9.17, 15) is 4.79 Å². The van der Waals surface area contributed by atoms with Crippen LogP contribution in [0, 0.1) is 0 Å². The minimum Gasteiger partial charge on any atom is -0.486 e. The molecule has 1 N–H and O–H groups in total. The van der Waals surface area contributed by atoms with Crippen LogP contribution in [0.3, 0.4) is 0 Å². The van der Waals surface area contributed by atoms with Gasteiger partial charge in [-0.1, -0.05) is 12.1 Å². The summed E-state index contributed by atoms with van der Waals surface area (Å²) in [6, 6.07) is 15.3. The van der Waals surface area contributed by atoms with Crippen LogP contribution in [-0.4, -0.2) is 27.0 Å². The molecular weight excluding hydrogens is 384 g/mol. The van der Waals surface area contributed by atoms with Crippen LogP contribution in [-0.2, 0) is 20.1 Å². The van der Waals surface area contributed by atoms with Gasteiger partial charge in [0.25, 0.3) is 5.91 Å². The van der Waals surface area contributed by atoms with Crippen LogP contribution in [0.2, 0.25) is 0 Å². The molecule has 4 aromatic rings. The summed E-state index contributed by atoms with van der Waals surface area (Å²) in [5.41, 5.74) is 1.66. The van der Waals surface area contributed by atoms with Crippen molar-refractivity contribution in [3.63, 3.8) is 0 Å². The molecule has 0 radical (unpaired) electrons. The third-order valence-corrected chi connectivity index (χ3v) is 5.69. The first-order valence-electron chi connectivity index (χ1n) is 9.51. The van der Waals surface area contributed by atoms with Crippen LogP contribution in [0.5, 0.6) is 5.75 Å². The summed E-state index contributed by atoms with van der Waals surface area (Å²) in [5.74, 6) is 1.48. The number of aromatic nitrogens is 3. The maximum atomic E-state index is 12.3. The lowest BCUT2D eigenvalue weighted by Gasteiger charge is -2.08. The Hall–Kier alpha value is -3.19. The highest BCUT2D eigenvalue weighted by molar-refractivity contribution is 7.18. The number of hydrogen-bond donors (Lipinski definition) is 1. The Morgan fingerprint density at radius 3 is 2.76 bits per heavy atom. The van der Waals surface area contributed by atoms with Crippen molar-refractivity contribution in [2.45, 2.75) is 19.4 Å². The Labute approximate surface area is 173 Å². The fourth-order valence-corrected chi connectivity index (χ4v) is 3.97. The Morgan fingerprint density at radius 1 is 1.17 bits per heavy atom. The van der Waals surface area contributed by atoms with E-state index >= 15 is 0 Å². The standard InChI is InChI=1S/C22H22N4O2S/c1-26-14-13-23-20(26)15-28-17-10-8-16(9-11-17)22(27)24-12-4-7-21-25-18-5-2-3-6-19(18)29-21/h2-3,5-6,8-11,13-14H,4,7,12,15H2,1H3,(H,24,27). The Kier molecular flexibility index (Phi) is 5.86. The Bertz CT molecular complexity index is 1070. The van der Waals surface area contributed by atoms with E-state index in [1.165, 1.54) is 4.70 Å². The topological polar surface area (TPSA) is 69.0 Å². The fourth-order valence-electron chi connectivity index (χ4n) is 2.96. The highest BCUT2D eigenvalue weighted by Gasteiger charge is 2.07. The third kappa shape index (κ3) is 4.81. The predicted molar refractivity (Wildman–Crippen MR) is 114 cm³/mol. The molecule has 0 aliphatic heterocycles. The number of aryl methyl sites for hydroxylation is 2. The third-order valence-electron chi connectivity index (χ3n) is 4.60. The van der Waals surface area contributed by atoms with E-state index in [1.807, 2.05) is 36.0 Å². The largest absolute Gasteiger partial charge is 0.486 e. The molecule has 0 unspecified atom stereocenters. The molecule has 0 spiro atoms. The summed E-state index contributed by atoms with van der Waals surface area (Å²) in [6.07, 6.45) is 5.34. The lowest BCUT2D eigenvalue weighted by Crippen LogP contribution is -2.24. The van der Waals surface area contributed by atoms with E-state index in [4.69, 9.17) is 4.74 Å². The molecule has 0 fully saturated rings. The summed E-state index contributed by atoms with van der Waals surface area (Å²) in [5, 5.41) is 4.07. The molecule has 0 bridgehead atoms. The summed E-state index contributed by atoms with van der Waals surface area (Å²) in [6.45, 7) is 1.01. The van der Waals surface area contributed by atoms with Crippen LogP contribution < -0.4 is 10.1 Å². The van der Waals surface area contributed by atoms with Crippen molar-refractivity contribution >= 4 is 27.5 Å². The average Bonchev–Trinajstić information content (AvgIpc) is 3.35. The monoisotopic (exact) mass is 406 g/mol. The molecule has 4 rings (SSSR count). The molecule has 0 aliphatic carbocycles. The summed E-state index contributed by atoms with van der Waals surface area (Å²) < 4.78 is 8.84. The molecule has 2 aromatic carbocycles. The van der Waals surface area contributed by atoms with E-state index in [0.29, 0.717) is 24.5 Å². The zero-order chi connectivity index (χ0) is 20.1. The number of carbonyl (C=O) groups is 1. The number of hydrogen-bond acceptors (Lipinski definition) is 5. The number of carbonyl (C=O) groups excluding carboxylic acids is 1. The van der Waals surface area contributed by atoms with Crippen molar-refractivity contribution in [2.24, 2.45) is 7.05 Å². The van der Waals surface area contributed by atoms with Crippen molar-refractivity contribution in [3.05, 3.63) is 77.3 Å². The van der Waals surface area contributed by atoms with Crippen molar-refractivity contribution in [1.82, 2.24) is 19.9 Å². The van der Waals surface area contributed by atoms with E-state index in [-0.39, 0.29) is 5.91 Å². The van der Waals surface area contributed by atoms with Crippen LogP contribution in [0.25, 0.3) is 10.2 Å². The lowest BCUT2D eigenvalue weighted by atomic mass is 10.2. The van der Waals surface area contributed by atoms with Gasteiger partial charge in [-0.3, -0.25) is 4.79 Å². The normalized spacial score (nSPS) is 10.9. The number of rotatable bonds is 8. The molecular formula is C22H22N4O2S. The van der Waals surface area contributed by atoms with Crippen LogP contribution >= 0.6 is 11.3 Å². The van der Waals surface area contributed by atoms with Crippen molar-refractivity contribution in [3.8, 4) is 5.75 Å². The minimum absolute atomic E-state index is 0.0787.